The van der Waals surface area contributed by atoms with E-state index in [4.69, 9.17) is 4.74 Å². The first-order chi connectivity index (χ1) is 5.77. The van der Waals surface area contributed by atoms with E-state index in [1.165, 1.54) is 11.1 Å². The van der Waals surface area contributed by atoms with Gasteiger partial charge in [-0.2, -0.15) is 0 Å². The van der Waals surface area contributed by atoms with Crippen molar-refractivity contribution in [3.8, 4) is 0 Å². The van der Waals surface area contributed by atoms with Gasteiger partial charge in [0.15, 0.2) is 0 Å². The van der Waals surface area contributed by atoms with E-state index in [9.17, 15) is 0 Å². The van der Waals surface area contributed by atoms with Gasteiger partial charge in [-0.1, -0.05) is 13.8 Å². The van der Waals surface area contributed by atoms with Crippen molar-refractivity contribution in [3.63, 3.8) is 0 Å². The average Bonchev–Trinajstić information content (AvgIpc) is 2.49. The number of hydrogen-bond acceptors (Lipinski definition) is 2. The Morgan fingerprint density at radius 1 is 1.42 bits per heavy atom. The van der Waals surface area contributed by atoms with Crippen LogP contribution in [0.3, 0.4) is 0 Å². The van der Waals surface area contributed by atoms with Gasteiger partial charge in [0, 0.05) is 11.8 Å². The first kappa shape index (κ1) is 7.74. The van der Waals surface area contributed by atoms with E-state index in [1.54, 1.807) is 0 Å². The van der Waals surface area contributed by atoms with Crippen LogP contribution in [0.2, 0.25) is 0 Å². The van der Waals surface area contributed by atoms with Gasteiger partial charge in [-0.3, -0.25) is 4.98 Å². The lowest BCUT2D eigenvalue weighted by molar-refractivity contribution is 0.133. The molecule has 2 nitrogen and oxygen atoms in total. The van der Waals surface area contributed by atoms with Crippen molar-refractivity contribution in [2.45, 2.75) is 33.0 Å². The minimum absolute atomic E-state index is 0.559. The molecule has 2 heteroatoms. The molecule has 1 aromatic rings. The molecule has 0 saturated carbocycles. The Bertz CT molecular complexity index is 294. The summed E-state index contributed by atoms with van der Waals surface area (Å²) in [5.74, 6) is 0.559. The number of fused-ring (bicyclic) bond motifs is 1. The van der Waals surface area contributed by atoms with E-state index >= 15 is 0 Å². The zero-order valence-corrected chi connectivity index (χ0v) is 7.50. The number of pyridine rings is 1. The van der Waals surface area contributed by atoms with Crippen molar-refractivity contribution in [1.82, 2.24) is 4.98 Å². The predicted octanol–water partition coefficient (Wildman–Crippen LogP) is 2.24. The third-order valence-corrected chi connectivity index (χ3v) is 2.24. The summed E-state index contributed by atoms with van der Waals surface area (Å²) >= 11 is 0. The molecule has 0 radical (unpaired) electrons. The van der Waals surface area contributed by atoms with Gasteiger partial charge in [0.05, 0.1) is 18.9 Å². The number of nitrogens with zero attached hydrogens (tertiary/aromatic N) is 1. The van der Waals surface area contributed by atoms with Gasteiger partial charge >= 0.3 is 0 Å². The second-order valence-electron chi connectivity index (χ2n) is 3.52. The Morgan fingerprint density at radius 2 is 2.25 bits per heavy atom. The molecule has 2 heterocycles. The van der Waals surface area contributed by atoms with Crippen LogP contribution in [-0.4, -0.2) is 4.98 Å². The lowest BCUT2D eigenvalue weighted by atomic mass is 10.0. The topological polar surface area (TPSA) is 22.1 Å². The van der Waals surface area contributed by atoms with E-state index < -0.39 is 0 Å². The molecular formula is C10H13NO. The van der Waals surface area contributed by atoms with E-state index in [0.29, 0.717) is 12.5 Å². The smallest absolute Gasteiger partial charge is 0.0896 e. The van der Waals surface area contributed by atoms with Crippen LogP contribution in [0.4, 0.5) is 0 Å². The maximum atomic E-state index is 5.29. The van der Waals surface area contributed by atoms with Crippen LogP contribution in [0.1, 0.15) is 36.6 Å². The highest BCUT2D eigenvalue weighted by molar-refractivity contribution is 5.27. The minimum Gasteiger partial charge on any atom is -0.370 e. The Labute approximate surface area is 72.6 Å². The predicted molar refractivity (Wildman–Crippen MR) is 46.8 cm³/mol. The molecule has 0 saturated heterocycles. The summed E-state index contributed by atoms with van der Waals surface area (Å²) in [5.41, 5.74) is 3.68. The third kappa shape index (κ3) is 1.23. The summed E-state index contributed by atoms with van der Waals surface area (Å²) in [4.78, 5) is 4.36. The zero-order chi connectivity index (χ0) is 8.55. The van der Waals surface area contributed by atoms with Crippen molar-refractivity contribution < 1.29 is 4.74 Å². The molecular weight excluding hydrogens is 150 g/mol. The second-order valence-corrected chi connectivity index (χ2v) is 3.52. The fraction of sp³-hybridized carbons (Fsp3) is 0.500. The van der Waals surface area contributed by atoms with Gasteiger partial charge in [0.1, 0.15) is 0 Å². The van der Waals surface area contributed by atoms with Crippen LogP contribution in [-0.2, 0) is 18.0 Å². The fourth-order valence-electron chi connectivity index (χ4n) is 1.39. The zero-order valence-electron chi connectivity index (χ0n) is 7.50. The molecule has 0 unspecified atom stereocenters. The summed E-state index contributed by atoms with van der Waals surface area (Å²) in [6, 6.07) is 2.21. The Kier molecular flexibility index (Phi) is 1.85. The van der Waals surface area contributed by atoms with Crippen molar-refractivity contribution in [3.05, 3.63) is 29.1 Å². The molecule has 1 aromatic heterocycles. The van der Waals surface area contributed by atoms with E-state index in [2.05, 4.69) is 24.9 Å². The van der Waals surface area contributed by atoms with Gasteiger partial charge in [0.2, 0.25) is 0 Å². The molecule has 64 valence electrons. The van der Waals surface area contributed by atoms with Crippen LogP contribution in [0.25, 0.3) is 0 Å². The maximum Gasteiger partial charge on any atom is 0.0896 e. The summed E-state index contributed by atoms with van der Waals surface area (Å²) < 4.78 is 5.29. The second kappa shape index (κ2) is 2.87. The highest BCUT2D eigenvalue weighted by atomic mass is 16.5. The first-order valence-corrected chi connectivity index (χ1v) is 4.33. The van der Waals surface area contributed by atoms with Crippen molar-refractivity contribution in [1.29, 1.82) is 0 Å². The van der Waals surface area contributed by atoms with Gasteiger partial charge in [-0.15, -0.1) is 0 Å². The maximum absolute atomic E-state index is 5.29. The van der Waals surface area contributed by atoms with Gasteiger partial charge in [0.25, 0.3) is 0 Å². The normalized spacial score (nSPS) is 15.2. The molecule has 0 aromatic carbocycles. The van der Waals surface area contributed by atoms with Crippen LogP contribution < -0.4 is 0 Å². The third-order valence-electron chi connectivity index (χ3n) is 2.24. The SMILES string of the molecule is CC(C)c1cnc2c(c1)COC2. The van der Waals surface area contributed by atoms with Crippen LogP contribution >= 0.6 is 0 Å². The highest BCUT2D eigenvalue weighted by Crippen LogP contribution is 2.21. The Morgan fingerprint density at radius 3 is 3.00 bits per heavy atom. The summed E-state index contributed by atoms with van der Waals surface area (Å²) in [5, 5.41) is 0. The molecule has 0 N–H and O–H groups in total. The summed E-state index contributed by atoms with van der Waals surface area (Å²) in [6.45, 7) is 5.79. The number of rotatable bonds is 1. The highest BCUT2D eigenvalue weighted by Gasteiger charge is 2.13. The molecule has 0 fully saturated rings. The lowest BCUT2D eigenvalue weighted by Gasteiger charge is -2.05. The van der Waals surface area contributed by atoms with Crippen LogP contribution in [0.5, 0.6) is 0 Å². The molecule has 0 bridgehead atoms. The molecule has 1 aliphatic rings. The first-order valence-electron chi connectivity index (χ1n) is 4.33. The summed E-state index contributed by atoms with van der Waals surface area (Å²) in [7, 11) is 0. The monoisotopic (exact) mass is 163 g/mol. The van der Waals surface area contributed by atoms with E-state index in [0.717, 1.165) is 12.3 Å². The van der Waals surface area contributed by atoms with Crippen LogP contribution in [0.15, 0.2) is 12.3 Å². The number of aromatic nitrogens is 1. The number of ether oxygens (including phenoxy) is 1. The molecule has 12 heavy (non-hydrogen) atoms. The average molecular weight is 163 g/mol. The van der Waals surface area contributed by atoms with E-state index in [1.807, 2.05) is 6.20 Å². The van der Waals surface area contributed by atoms with Gasteiger partial charge in [-0.05, 0) is 17.5 Å². The Hall–Kier alpha value is -0.890. The largest absolute Gasteiger partial charge is 0.370 e. The number of hydrogen-bond donors (Lipinski definition) is 0. The fourth-order valence-corrected chi connectivity index (χ4v) is 1.39. The van der Waals surface area contributed by atoms with Crippen molar-refractivity contribution >= 4 is 0 Å². The standard InChI is InChI=1S/C10H13NO/c1-7(2)8-3-9-5-12-6-10(9)11-4-8/h3-4,7H,5-6H2,1-2H3. The van der Waals surface area contributed by atoms with Crippen LogP contribution in [0, 0.1) is 0 Å². The molecule has 0 atom stereocenters. The molecule has 2 rings (SSSR count). The van der Waals surface area contributed by atoms with E-state index in [-0.39, 0.29) is 0 Å². The molecule has 1 aliphatic heterocycles. The Balaban J connectivity index is 2.39. The molecule has 0 aliphatic carbocycles. The molecule has 0 amide bonds. The van der Waals surface area contributed by atoms with Crippen molar-refractivity contribution in [2.75, 3.05) is 0 Å². The summed E-state index contributed by atoms with van der Waals surface area (Å²) in [6.07, 6.45) is 1.96. The van der Waals surface area contributed by atoms with Gasteiger partial charge in [-0.25, -0.2) is 0 Å². The quantitative estimate of drug-likeness (QED) is 0.633. The van der Waals surface area contributed by atoms with Crippen molar-refractivity contribution in [2.24, 2.45) is 0 Å². The van der Waals surface area contributed by atoms with Gasteiger partial charge < -0.3 is 4.74 Å². The lowest BCUT2D eigenvalue weighted by Crippen LogP contribution is -1.93. The minimum atomic E-state index is 0.559. The molecule has 0 spiro atoms.